The first-order chi connectivity index (χ1) is 9.26. The minimum absolute atomic E-state index is 0.169. The van der Waals surface area contributed by atoms with E-state index < -0.39 is 29.5 Å². The van der Waals surface area contributed by atoms with Gasteiger partial charge in [-0.15, -0.1) is 0 Å². The summed E-state index contributed by atoms with van der Waals surface area (Å²) in [7, 11) is 0. The standard InChI is InChI=1S/C10H12FNO2.C2HF3O2/c1-10(2,14)6-3-4-7(9(12)13)8(11)5-6;3-2(4,5)1(6)7/h3-5,14H,1-2H3,(H2,12,13);(H,6,7). The number of hydrogen-bond donors (Lipinski definition) is 3. The van der Waals surface area contributed by atoms with Crippen molar-refractivity contribution in [2.45, 2.75) is 25.6 Å². The van der Waals surface area contributed by atoms with Crippen molar-refractivity contribution < 1.29 is 37.4 Å². The second-order valence-electron chi connectivity index (χ2n) is 4.42. The molecule has 0 fully saturated rings. The van der Waals surface area contributed by atoms with Crippen LogP contribution in [0, 0.1) is 5.82 Å². The van der Waals surface area contributed by atoms with Crippen molar-refractivity contribution in [2.24, 2.45) is 5.73 Å². The molecular weight excluding hydrogens is 298 g/mol. The lowest BCUT2D eigenvalue weighted by Gasteiger charge is -2.17. The molecule has 0 aliphatic rings. The third-order valence-corrected chi connectivity index (χ3v) is 2.18. The Hall–Kier alpha value is -2.16. The van der Waals surface area contributed by atoms with Crippen molar-refractivity contribution in [3.63, 3.8) is 0 Å². The lowest BCUT2D eigenvalue weighted by molar-refractivity contribution is -0.192. The Morgan fingerprint density at radius 1 is 1.19 bits per heavy atom. The first kappa shape index (κ1) is 18.8. The molecule has 9 heteroatoms. The van der Waals surface area contributed by atoms with Gasteiger partial charge in [-0.25, -0.2) is 9.18 Å². The average Bonchev–Trinajstić information content (AvgIpc) is 2.26. The monoisotopic (exact) mass is 311 g/mol. The molecule has 0 saturated heterocycles. The average molecular weight is 311 g/mol. The number of amides is 1. The Balaban J connectivity index is 0.000000486. The summed E-state index contributed by atoms with van der Waals surface area (Å²) in [5, 5.41) is 16.7. The molecule has 0 aliphatic carbocycles. The smallest absolute Gasteiger partial charge is 0.475 e. The minimum Gasteiger partial charge on any atom is -0.475 e. The zero-order chi connectivity index (χ0) is 17.0. The van der Waals surface area contributed by atoms with Gasteiger partial charge in [0.25, 0.3) is 5.91 Å². The van der Waals surface area contributed by atoms with Crippen LogP contribution in [0.3, 0.4) is 0 Å². The summed E-state index contributed by atoms with van der Waals surface area (Å²) in [6.45, 7) is 3.07. The number of rotatable bonds is 2. The van der Waals surface area contributed by atoms with Crippen LogP contribution in [-0.4, -0.2) is 28.3 Å². The van der Waals surface area contributed by atoms with Gasteiger partial charge in [0.1, 0.15) is 5.82 Å². The van der Waals surface area contributed by atoms with Crippen molar-refractivity contribution in [2.75, 3.05) is 0 Å². The molecular formula is C12H13F4NO4. The third-order valence-electron chi connectivity index (χ3n) is 2.18. The van der Waals surface area contributed by atoms with Crippen LogP contribution in [0.5, 0.6) is 0 Å². The van der Waals surface area contributed by atoms with Gasteiger partial charge in [0, 0.05) is 0 Å². The summed E-state index contributed by atoms with van der Waals surface area (Å²) < 4.78 is 45.0. The zero-order valence-corrected chi connectivity index (χ0v) is 11.0. The number of primary amides is 1. The van der Waals surface area contributed by atoms with E-state index in [1.807, 2.05) is 0 Å². The maximum atomic E-state index is 13.2. The number of nitrogens with two attached hydrogens (primary N) is 1. The zero-order valence-electron chi connectivity index (χ0n) is 11.0. The fourth-order valence-electron chi connectivity index (χ4n) is 1.10. The highest BCUT2D eigenvalue weighted by Gasteiger charge is 2.38. The topological polar surface area (TPSA) is 101 Å². The van der Waals surface area contributed by atoms with Gasteiger partial charge in [-0.1, -0.05) is 6.07 Å². The molecule has 21 heavy (non-hydrogen) atoms. The number of hydrogen-bond acceptors (Lipinski definition) is 3. The summed E-state index contributed by atoms with van der Waals surface area (Å²) in [6, 6.07) is 3.86. The highest BCUT2D eigenvalue weighted by molar-refractivity contribution is 5.93. The van der Waals surface area contributed by atoms with Crippen LogP contribution >= 0.6 is 0 Å². The fourth-order valence-corrected chi connectivity index (χ4v) is 1.10. The number of carbonyl (C=O) groups is 2. The maximum Gasteiger partial charge on any atom is 0.490 e. The number of carboxylic acid groups (broad SMARTS) is 1. The Labute approximate surface area is 117 Å². The molecule has 0 heterocycles. The normalized spacial score (nSPS) is 11.4. The lowest BCUT2D eigenvalue weighted by Crippen LogP contribution is -2.21. The number of carbonyl (C=O) groups excluding carboxylic acids is 1. The molecule has 1 aromatic rings. The van der Waals surface area contributed by atoms with Crippen LogP contribution in [0.2, 0.25) is 0 Å². The van der Waals surface area contributed by atoms with Gasteiger partial charge in [0.05, 0.1) is 11.2 Å². The Bertz CT molecular complexity index is 535. The molecule has 5 nitrogen and oxygen atoms in total. The van der Waals surface area contributed by atoms with Crippen molar-refractivity contribution in [1.29, 1.82) is 0 Å². The van der Waals surface area contributed by atoms with E-state index in [0.29, 0.717) is 5.56 Å². The first-order valence-corrected chi connectivity index (χ1v) is 5.39. The highest BCUT2D eigenvalue weighted by atomic mass is 19.4. The lowest BCUT2D eigenvalue weighted by atomic mass is 9.97. The number of aliphatic hydroxyl groups is 1. The Morgan fingerprint density at radius 2 is 1.62 bits per heavy atom. The van der Waals surface area contributed by atoms with Crippen LogP contribution in [-0.2, 0) is 10.4 Å². The van der Waals surface area contributed by atoms with Crippen LogP contribution < -0.4 is 5.73 Å². The maximum absolute atomic E-state index is 13.2. The van der Waals surface area contributed by atoms with Crippen LogP contribution in [0.4, 0.5) is 17.6 Å². The van der Waals surface area contributed by atoms with Gasteiger partial charge in [-0.2, -0.15) is 13.2 Å². The number of benzene rings is 1. The van der Waals surface area contributed by atoms with Gasteiger partial charge in [0.2, 0.25) is 0 Å². The summed E-state index contributed by atoms with van der Waals surface area (Å²) in [4.78, 5) is 19.6. The molecule has 118 valence electrons. The fraction of sp³-hybridized carbons (Fsp3) is 0.333. The van der Waals surface area contributed by atoms with E-state index in [1.165, 1.54) is 26.0 Å². The molecule has 0 aliphatic heterocycles. The van der Waals surface area contributed by atoms with E-state index in [9.17, 15) is 27.5 Å². The molecule has 0 unspecified atom stereocenters. The summed E-state index contributed by atoms with van der Waals surface area (Å²) >= 11 is 0. The van der Waals surface area contributed by atoms with Crippen molar-refractivity contribution in [1.82, 2.24) is 0 Å². The van der Waals surface area contributed by atoms with E-state index in [1.54, 1.807) is 0 Å². The summed E-state index contributed by atoms with van der Waals surface area (Å²) in [5.41, 5.74) is 4.04. The summed E-state index contributed by atoms with van der Waals surface area (Å²) in [6.07, 6.45) is -5.08. The van der Waals surface area contributed by atoms with Crippen molar-refractivity contribution in [3.05, 3.63) is 35.1 Å². The van der Waals surface area contributed by atoms with E-state index in [-0.39, 0.29) is 5.56 Å². The van der Waals surface area contributed by atoms with Gasteiger partial charge in [0.15, 0.2) is 0 Å². The second-order valence-corrected chi connectivity index (χ2v) is 4.42. The van der Waals surface area contributed by atoms with E-state index in [2.05, 4.69) is 0 Å². The van der Waals surface area contributed by atoms with E-state index in [0.717, 1.165) is 6.07 Å². The number of aliphatic carboxylic acids is 1. The van der Waals surface area contributed by atoms with Gasteiger partial charge < -0.3 is 15.9 Å². The van der Waals surface area contributed by atoms with Gasteiger partial charge in [-0.3, -0.25) is 4.79 Å². The van der Waals surface area contributed by atoms with Crippen LogP contribution in [0.1, 0.15) is 29.8 Å². The van der Waals surface area contributed by atoms with Crippen LogP contribution in [0.25, 0.3) is 0 Å². The molecule has 4 N–H and O–H groups in total. The largest absolute Gasteiger partial charge is 0.490 e. The molecule has 0 saturated carbocycles. The van der Waals surface area contributed by atoms with Gasteiger partial charge in [-0.05, 0) is 31.5 Å². The molecule has 0 radical (unpaired) electrons. The second kappa shape index (κ2) is 6.53. The van der Waals surface area contributed by atoms with Crippen molar-refractivity contribution >= 4 is 11.9 Å². The first-order valence-electron chi connectivity index (χ1n) is 5.39. The molecule has 0 atom stereocenters. The quantitative estimate of drug-likeness (QED) is 0.725. The Kier molecular flexibility index (Phi) is 5.86. The number of alkyl halides is 3. The predicted octanol–water partition coefficient (Wildman–Crippen LogP) is 1.79. The molecule has 1 amide bonds. The molecule has 0 bridgehead atoms. The summed E-state index contributed by atoms with van der Waals surface area (Å²) in [5.74, 6) is -4.28. The molecule has 0 spiro atoms. The molecule has 0 aromatic heterocycles. The van der Waals surface area contributed by atoms with E-state index >= 15 is 0 Å². The molecule has 1 aromatic carbocycles. The molecule has 1 rings (SSSR count). The number of carboxylic acids is 1. The Morgan fingerprint density at radius 3 is 1.86 bits per heavy atom. The predicted molar refractivity (Wildman–Crippen MR) is 63.9 cm³/mol. The van der Waals surface area contributed by atoms with Gasteiger partial charge >= 0.3 is 12.1 Å². The van der Waals surface area contributed by atoms with Crippen molar-refractivity contribution in [3.8, 4) is 0 Å². The highest BCUT2D eigenvalue weighted by Crippen LogP contribution is 2.21. The SMILES string of the molecule is CC(C)(O)c1ccc(C(N)=O)c(F)c1.O=C(O)C(F)(F)F. The van der Waals surface area contributed by atoms with E-state index in [4.69, 9.17) is 15.6 Å². The van der Waals surface area contributed by atoms with Crippen LogP contribution in [0.15, 0.2) is 18.2 Å². The minimum atomic E-state index is -5.08. The number of halogens is 4. The third kappa shape index (κ3) is 6.21.